The number of hydrazine groups is 1. The molecule has 1 aliphatic heterocycles. The Morgan fingerprint density at radius 3 is 2.73 bits per heavy atom. The molecular formula is C23H23N5O4S. The van der Waals surface area contributed by atoms with Gasteiger partial charge in [-0.1, -0.05) is 18.2 Å². The van der Waals surface area contributed by atoms with Crippen molar-refractivity contribution in [3.05, 3.63) is 77.1 Å². The lowest BCUT2D eigenvalue weighted by Gasteiger charge is -2.25. The Kier molecular flexibility index (Phi) is 7.62. The second kappa shape index (κ2) is 11.2. The van der Waals surface area contributed by atoms with Gasteiger partial charge in [0.25, 0.3) is 11.8 Å². The Balaban J connectivity index is 1.22. The number of aromatic nitrogens is 2. The second-order valence-corrected chi connectivity index (χ2v) is 7.95. The van der Waals surface area contributed by atoms with Crippen molar-refractivity contribution >= 4 is 34.4 Å². The molecule has 0 radical (unpaired) electrons. The number of morpholine rings is 1. The molecule has 9 nitrogen and oxygen atoms in total. The number of amides is 2. The minimum absolute atomic E-state index is 0.257. The minimum Gasteiger partial charge on any atom is -0.489 e. The molecule has 2 amide bonds. The summed E-state index contributed by atoms with van der Waals surface area (Å²) in [4.78, 5) is 34.8. The van der Waals surface area contributed by atoms with Gasteiger partial charge in [0.15, 0.2) is 5.13 Å². The third-order valence-electron chi connectivity index (χ3n) is 4.74. The van der Waals surface area contributed by atoms with Crippen LogP contribution in [0.25, 0.3) is 6.08 Å². The summed E-state index contributed by atoms with van der Waals surface area (Å²) in [5.41, 5.74) is 6.80. The van der Waals surface area contributed by atoms with Crippen LogP contribution in [0.3, 0.4) is 0 Å². The van der Waals surface area contributed by atoms with E-state index in [1.807, 2.05) is 36.4 Å². The summed E-state index contributed by atoms with van der Waals surface area (Å²) in [7, 11) is 0. The molecule has 0 unspecified atom stereocenters. The van der Waals surface area contributed by atoms with Gasteiger partial charge in [-0.15, -0.1) is 11.3 Å². The summed E-state index contributed by atoms with van der Waals surface area (Å²) in [5.74, 6) is -0.209. The maximum atomic E-state index is 12.3. The fourth-order valence-corrected chi connectivity index (χ4v) is 3.85. The van der Waals surface area contributed by atoms with Crippen molar-refractivity contribution < 1.29 is 19.1 Å². The second-order valence-electron chi connectivity index (χ2n) is 7.11. The number of benzene rings is 1. The molecule has 0 bridgehead atoms. The van der Waals surface area contributed by atoms with Gasteiger partial charge in [-0.2, -0.15) is 0 Å². The van der Waals surface area contributed by atoms with E-state index >= 15 is 0 Å². The number of thiazole rings is 1. The van der Waals surface area contributed by atoms with E-state index in [0.29, 0.717) is 25.6 Å². The molecule has 1 aromatic carbocycles. The van der Waals surface area contributed by atoms with Gasteiger partial charge in [0.1, 0.15) is 18.1 Å². The first-order valence-electron chi connectivity index (χ1n) is 10.4. The number of rotatable bonds is 7. The summed E-state index contributed by atoms with van der Waals surface area (Å²) in [5, 5.41) is 2.43. The number of hydrogen-bond acceptors (Lipinski definition) is 8. The zero-order chi connectivity index (χ0) is 22.9. The summed E-state index contributed by atoms with van der Waals surface area (Å²) >= 11 is 1.39. The molecule has 3 aromatic rings. The SMILES string of the molecule is O=C(/C=C/c1ccc(OCc2cccnc2)cc1)NNC(=O)c1csc(N2CCOCC2)n1. The highest BCUT2D eigenvalue weighted by atomic mass is 32.1. The zero-order valence-corrected chi connectivity index (χ0v) is 18.6. The smallest absolute Gasteiger partial charge is 0.289 e. The predicted octanol–water partition coefficient (Wildman–Crippen LogP) is 2.43. The van der Waals surface area contributed by atoms with Crippen LogP contribution in [0.4, 0.5) is 5.13 Å². The van der Waals surface area contributed by atoms with Crippen molar-refractivity contribution in [1.82, 2.24) is 20.8 Å². The number of ether oxygens (including phenoxy) is 2. The van der Waals surface area contributed by atoms with Crippen molar-refractivity contribution in [2.24, 2.45) is 0 Å². The van der Waals surface area contributed by atoms with Crippen LogP contribution in [0.1, 0.15) is 21.6 Å². The van der Waals surface area contributed by atoms with Gasteiger partial charge >= 0.3 is 0 Å². The molecule has 1 aliphatic rings. The lowest BCUT2D eigenvalue weighted by Crippen LogP contribution is -2.41. The van der Waals surface area contributed by atoms with Crippen LogP contribution < -0.4 is 20.5 Å². The van der Waals surface area contributed by atoms with Gasteiger partial charge < -0.3 is 14.4 Å². The fraction of sp³-hybridized carbons (Fsp3) is 0.217. The number of carbonyl (C=O) groups is 2. The first-order valence-corrected chi connectivity index (χ1v) is 11.2. The molecule has 2 N–H and O–H groups in total. The fourth-order valence-electron chi connectivity index (χ4n) is 2.99. The zero-order valence-electron chi connectivity index (χ0n) is 17.8. The van der Waals surface area contributed by atoms with E-state index in [1.165, 1.54) is 17.4 Å². The maximum absolute atomic E-state index is 12.3. The van der Waals surface area contributed by atoms with E-state index in [4.69, 9.17) is 9.47 Å². The summed E-state index contributed by atoms with van der Waals surface area (Å²) in [6.07, 6.45) is 6.46. The maximum Gasteiger partial charge on any atom is 0.289 e. The van der Waals surface area contributed by atoms with E-state index in [0.717, 1.165) is 29.3 Å². The van der Waals surface area contributed by atoms with E-state index in [-0.39, 0.29) is 5.69 Å². The van der Waals surface area contributed by atoms with Crippen molar-refractivity contribution in [3.8, 4) is 5.75 Å². The average molecular weight is 466 g/mol. The number of pyridine rings is 1. The Hall–Kier alpha value is -3.76. The number of anilines is 1. The quantitative estimate of drug-likeness (QED) is 0.408. The van der Waals surface area contributed by atoms with Crippen LogP contribution in [0.2, 0.25) is 0 Å². The van der Waals surface area contributed by atoms with E-state index < -0.39 is 11.8 Å². The van der Waals surface area contributed by atoms with E-state index in [1.54, 1.807) is 23.8 Å². The lowest BCUT2D eigenvalue weighted by atomic mass is 10.2. The summed E-state index contributed by atoms with van der Waals surface area (Å²) in [6, 6.07) is 11.1. The predicted molar refractivity (Wildman–Crippen MR) is 125 cm³/mol. The van der Waals surface area contributed by atoms with Crippen LogP contribution in [0, 0.1) is 0 Å². The highest BCUT2D eigenvalue weighted by Gasteiger charge is 2.17. The third kappa shape index (κ3) is 6.61. The largest absolute Gasteiger partial charge is 0.489 e. The standard InChI is InChI=1S/C23H23N5O4S/c29-21(26-27-22(30)20-16-33-23(25-20)28-10-12-31-13-11-28)8-5-17-3-6-19(7-4-17)32-15-18-2-1-9-24-14-18/h1-9,14,16H,10-13,15H2,(H,26,29)(H,27,30)/b8-5+. The van der Waals surface area contributed by atoms with Crippen LogP contribution in [-0.4, -0.2) is 48.1 Å². The molecule has 4 rings (SSSR count). The van der Waals surface area contributed by atoms with Gasteiger partial charge in [0.05, 0.1) is 13.2 Å². The Bertz CT molecular complexity index is 1100. The van der Waals surface area contributed by atoms with Gasteiger partial charge in [-0.3, -0.25) is 25.4 Å². The van der Waals surface area contributed by atoms with Crippen LogP contribution in [0.5, 0.6) is 5.75 Å². The van der Waals surface area contributed by atoms with Crippen LogP contribution >= 0.6 is 11.3 Å². The van der Waals surface area contributed by atoms with Crippen LogP contribution in [0.15, 0.2) is 60.2 Å². The number of nitrogens with one attached hydrogen (secondary N) is 2. The van der Waals surface area contributed by atoms with Crippen molar-refractivity contribution in [2.45, 2.75) is 6.61 Å². The van der Waals surface area contributed by atoms with Gasteiger partial charge in [-0.25, -0.2) is 4.98 Å². The van der Waals surface area contributed by atoms with Gasteiger partial charge in [-0.05, 0) is 29.8 Å². The molecule has 0 aliphatic carbocycles. The molecule has 1 fully saturated rings. The number of nitrogens with zero attached hydrogens (tertiary/aromatic N) is 3. The van der Waals surface area contributed by atoms with Crippen molar-refractivity contribution in [2.75, 3.05) is 31.2 Å². The normalized spacial score (nSPS) is 13.6. The first-order chi connectivity index (χ1) is 16.2. The highest BCUT2D eigenvalue weighted by molar-refractivity contribution is 7.13. The van der Waals surface area contributed by atoms with Crippen LogP contribution in [-0.2, 0) is 16.1 Å². The summed E-state index contributed by atoms with van der Waals surface area (Å²) in [6.45, 7) is 3.20. The highest BCUT2D eigenvalue weighted by Crippen LogP contribution is 2.21. The number of carbonyl (C=O) groups excluding carboxylic acids is 2. The Morgan fingerprint density at radius 1 is 1.15 bits per heavy atom. The molecule has 0 spiro atoms. The molecule has 33 heavy (non-hydrogen) atoms. The molecule has 1 saturated heterocycles. The Labute approximate surface area is 195 Å². The average Bonchev–Trinajstić information content (AvgIpc) is 3.37. The number of hydrogen-bond donors (Lipinski definition) is 2. The topological polar surface area (TPSA) is 106 Å². The van der Waals surface area contributed by atoms with E-state index in [9.17, 15) is 9.59 Å². The van der Waals surface area contributed by atoms with Gasteiger partial charge in [0, 0.05) is 42.5 Å². The molecule has 10 heteroatoms. The molecule has 0 atom stereocenters. The Morgan fingerprint density at radius 2 is 1.97 bits per heavy atom. The molecular weight excluding hydrogens is 442 g/mol. The minimum atomic E-state index is -0.470. The van der Waals surface area contributed by atoms with E-state index in [2.05, 4.69) is 25.7 Å². The van der Waals surface area contributed by atoms with Crippen molar-refractivity contribution in [1.29, 1.82) is 0 Å². The molecule has 170 valence electrons. The monoisotopic (exact) mass is 465 g/mol. The third-order valence-corrected chi connectivity index (χ3v) is 5.64. The molecule has 0 saturated carbocycles. The lowest BCUT2D eigenvalue weighted by molar-refractivity contribution is -0.117. The summed E-state index contributed by atoms with van der Waals surface area (Å²) < 4.78 is 11.0. The van der Waals surface area contributed by atoms with Crippen molar-refractivity contribution in [3.63, 3.8) is 0 Å². The van der Waals surface area contributed by atoms with Gasteiger partial charge in [0.2, 0.25) is 0 Å². The molecule has 2 aromatic heterocycles. The first kappa shape index (κ1) is 22.4. The molecule has 3 heterocycles.